The average molecular weight is 1790 g/mol. The van der Waals surface area contributed by atoms with E-state index < -0.39 is 0 Å². The number of hydrogen-bond donors (Lipinski definition) is 0. The minimum Gasteiger partial charge on any atom is -0.309 e. The Kier molecular flexibility index (Phi) is 17.1. The van der Waals surface area contributed by atoms with Crippen LogP contribution in [0.3, 0.4) is 0 Å². The van der Waals surface area contributed by atoms with Gasteiger partial charge in [-0.25, -0.2) is 0 Å². The van der Waals surface area contributed by atoms with E-state index >= 15 is 0 Å². The van der Waals surface area contributed by atoms with Crippen LogP contribution in [0.1, 0.15) is 0 Å². The van der Waals surface area contributed by atoms with Gasteiger partial charge in [0, 0.05) is 124 Å². The van der Waals surface area contributed by atoms with E-state index in [-0.39, 0.29) is 0 Å². The smallest absolute Gasteiger partial charge is 0.0626 e. The van der Waals surface area contributed by atoms with Gasteiger partial charge >= 0.3 is 0 Å². The summed E-state index contributed by atoms with van der Waals surface area (Å²) in [6.45, 7) is 0. The molecule has 0 atom stereocenters. The predicted molar refractivity (Wildman–Crippen MR) is 602 cm³/mol. The molecule has 0 amide bonds. The van der Waals surface area contributed by atoms with Crippen LogP contribution in [-0.4, -0.2) is 22.8 Å². The average Bonchev–Trinajstić information content (AvgIpc) is 1.54. The Balaban J connectivity index is 0.0000000988. The van der Waals surface area contributed by atoms with Crippen LogP contribution in [0.5, 0.6) is 0 Å². The molecule has 0 N–H and O–H groups in total. The SMILES string of the molecule is c1ccc2c(c1)ccc1c3c4ccccc4c4ccccc4c3n(-c3ccc(-c4ccc5sc6ccccc6c5c4)cc3)c21.c1ccc2cc(-n3c4ccccc4c4cc(-n5c6cc7ccccc7cc6c6c7ccccc7c7ccccc7c65)ccc43)ccc2c1.c1ccc2cc(-n3c4ccccc4c4cc(-n5c6ccc7ccccc7c6c6c7ccccc7c7ccccc7c65)ccc43)ccc2c1. The molecule has 6 heterocycles. The molecule has 0 aliphatic carbocycles. The highest BCUT2D eigenvalue weighted by Gasteiger charge is 2.28. The molecule has 0 unspecified atom stereocenters. The van der Waals surface area contributed by atoms with E-state index in [0.29, 0.717) is 0 Å². The van der Waals surface area contributed by atoms with Crippen molar-refractivity contribution in [2.45, 2.75) is 0 Å². The molecule has 32 rings (SSSR count). The number of nitrogens with zero attached hydrogens (tertiary/aromatic N) is 5. The zero-order chi connectivity index (χ0) is 91.5. The molecule has 0 radical (unpaired) electrons. The van der Waals surface area contributed by atoms with Gasteiger partial charge < -0.3 is 22.8 Å². The van der Waals surface area contributed by atoms with Crippen molar-refractivity contribution in [3.8, 4) is 39.6 Å². The van der Waals surface area contributed by atoms with Crippen LogP contribution in [0.15, 0.2) is 491 Å². The van der Waals surface area contributed by atoms with E-state index in [1.807, 2.05) is 11.3 Å². The summed E-state index contributed by atoms with van der Waals surface area (Å²) in [5, 5.41) is 43.5. The van der Waals surface area contributed by atoms with Gasteiger partial charge in [0.25, 0.3) is 0 Å². The Morgan fingerprint density at radius 2 is 0.457 bits per heavy atom. The van der Waals surface area contributed by atoms with Crippen molar-refractivity contribution >= 4 is 259 Å². The van der Waals surface area contributed by atoms with Crippen molar-refractivity contribution < 1.29 is 0 Å². The van der Waals surface area contributed by atoms with Crippen molar-refractivity contribution in [2.75, 3.05) is 0 Å². The molecule has 6 aromatic heterocycles. The van der Waals surface area contributed by atoms with Crippen LogP contribution in [0.25, 0.3) is 287 Å². The van der Waals surface area contributed by atoms with Crippen LogP contribution >= 0.6 is 11.3 Å². The molecule has 0 aliphatic heterocycles. The summed E-state index contributed by atoms with van der Waals surface area (Å²) in [7, 11) is 0. The summed E-state index contributed by atoms with van der Waals surface area (Å²) in [5.74, 6) is 0. The molecule has 0 saturated carbocycles. The molecule has 26 aromatic carbocycles. The Labute approximate surface area is 806 Å². The molecule has 5 nitrogen and oxygen atoms in total. The summed E-state index contributed by atoms with van der Waals surface area (Å²) in [6.07, 6.45) is 0. The number of fused-ring (bicyclic) bond motifs is 40. The van der Waals surface area contributed by atoms with Crippen LogP contribution in [0, 0.1) is 0 Å². The summed E-state index contributed by atoms with van der Waals surface area (Å²) in [5.41, 5.74) is 20.7. The number of thiophene rings is 1. The summed E-state index contributed by atoms with van der Waals surface area (Å²) in [4.78, 5) is 0. The quantitative estimate of drug-likeness (QED) is 0.148. The Morgan fingerprint density at radius 1 is 0.121 bits per heavy atom. The summed E-state index contributed by atoms with van der Waals surface area (Å²) >= 11 is 1.87. The van der Waals surface area contributed by atoms with Crippen molar-refractivity contribution in [3.05, 3.63) is 491 Å². The number of aromatic nitrogens is 5. The second-order valence-electron chi connectivity index (χ2n) is 37.6. The second kappa shape index (κ2) is 30.7. The first-order valence-electron chi connectivity index (χ1n) is 48.3. The van der Waals surface area contributed by atoms with E-state index in [1.165, 1.54) is 287 Å². The molecule has 0 bridgehead atoms. The number of benzene rings is 26. The molecule has 0 spiro atoms. The van der Waals surface area contributed by atoms with Gasteiger partial charge in [0.15, 0.2) is 0 Å². The van der Waals surface area contributed by atoms with Crippen LogP contribution in [0.2, 0.25) is 0 Å². The Bertz CT molecular complexity index is 10800. The third kappa shape index (κ3) is 11.7. The fourth-order valence-electron chi connectivity index (χ4n) is 24.1. The van der Waals surface area contributed by atoms with Gasteiger partial charge in [0.1, 0.15) is 0 Å². The van der Waals surface area contributed by atoms with E-state index in [1.54, 1.807) is 0 Å². The molecule has 6 heteroatoms. The highest BCUT2D eigenvalue weighted by molar-refractivity contribution is 7.25. The lowest BCUT2D eigenvalue weighted by Gasteiger charge is -2.13. The van der Waals surface area contributed by atoms with E-state index in [4.69, 9.17) is 0 Å². The Hall–Kier alpha value is -18.2. The lowest BCUT2D eigenvalue weighted by Crippen LogP contribution is -1.96. The van der Waals surface area contributed by atoms with E-state index in [9.17, 15) is 0 Å². The third-order valence-electron chi connectivity index (χ3n) is 30.2. The second-order valence-corrected chi connectivity index (χ2v) is 38.6. The van der Waals surface area contributed by atoms with Gasteiger partial charge in [-0.15, -0.1) is 11.3 Å². The molecule has 0 saturated heterocycles. The molecule has 648 valence electrons. The van der Waals surface area contributed by atoms with Gasteiger partial charge in [-0.2, -0.15) is 0 Å². The van der Waals surface area contributed by atoms with E-state index in [2.05, 4.69) is 514 Å². The van der Waals surface area contributed by atoms with Gasteiger partial charge in [-0.1, -0.05) is 370 Å². The minimum atomic E-state index is 1.17. The molecule has 0 fully saturated rings. The van der Waals surface area contributed by atoms with Gasteiger partial charge in [-0.05, 0) is 229 Å². The van der Waals surface area contributed by atoms with Crippen molar-refractivity contribution in [1.29, 1.82) is 0 Å². The number of para-hydroxylation sites is 2. The predicted octanol–water partition coefficient (Wildman–Crippen LogP) is 37.3. The number of rotatable bonds is 6. The fourth-order valence-corrected chi connectivity index (χ4v) is 25.2. The molecular weight excluding hydrogens is 1710 g/mol. The minimum absolute atomic E-state index is 1.17. The topological polar surface area (TPSA) is 24.6 Å². The molecule has 140 heavy (non-hydrogen) atoms. The lowest BCUT2D eigenvalue weighted by atomic mass is 9.95. The normalized spacial score (nSPS) is 12.1. The number of hydrogen-bond acceptors (Lipinski definition) is 1. The van der Waals surface area contributed by atoms with Gasteiger partial charge in [0.2, 0.25) is 0 Å². The highest BCUT2D eigenvalue weighted by Crippen LogP contribution is 2.51. The molecule has 32 aromatic rings. The zero-order valence-corrected chi connectivity index (χ0v) is 76.7. The first-order chi connectivity index (χ1) is 69.5. The summed E-state index contributed by atoms with van der Waals surface area (Å²) < 4.78 is 15.1. The lowest BCUT2D eigenvalue weighted by molar-refractivity contribution is 1.17. The maximum Gasteiger partial charge on any atom is 0.0626 e. The summed E-state index contributed by atoms with van der Waals surface area (Å²) in [6, 6.07) is 181. The first-order valence-corrected chi connectivity index (χ1v) is 49.1. The Morgan fingerprint density at radius 3 is 1.00 bits per heavy atom. The molecule has 0 aliphatic rings. The van der Waals surface area contributed by atoms with Crippen LogP contribution in [0.4, 0.5) is 0 Å². The van der Waals surface area contributed by atoms with Gasteiger partial charge in [-0.3, -0.25) is 0 Å². The largest absolute Gasteiger partial charge is 0.309 e. The fraction of sp³-hybridized carbons (Fsp3) is 0. The maximum atomic E-state index is 2.52. The maximum absolute atomic E-state index is 2.52. The standard InChI is InChI=1S/2C46H28N2.C42H25NS/c1-2-13-31-27-32(23-21-29(31)11-1)47-41-20-10-9-17-37(41)40-28-33(24-26-42(40)47)48-43-25-22-30-12-3-4-14-34(30)44(43)45-38-18-7-5-15-35(38)36-16-6-8-19-39(36)46(45)48;1-2-12-30-25-33(22-21-29(30)11-1)47-42-20-10-9-17-37(42)40-28-34(23-24-43(40)47)48-44-27-32-14-4-3-13-31(32)26-41(44)45-38-18-7-5-15-35(38)36-16-6-8-19-39(36)46(45)48;1-2-10-30-27(9-1)19-23-36-40-34-14-5-3-11-31(34)32-12-4-6-15-35(32)42(40)43(41(30)36)29-21-17-26(18-22-29)28-20-24-39-37(25-28)33-13-7-8-16-38(33)44-39/h2*1-28H;1-25H. The van der Waals surface area contributed by atoms with Gasteiger partial charge in [0.05, 0.1) is 55.2 Å². The highest BCUT2D eigenvalue weighted by atomic mass is 32.1. The van der Waals surface area contributed by atoms with Crippen molar-refractivity contribution in [3.63, 3.8) is 0 Å². The monoisotopic (exact) mass is 1790 g/mol. The van der Waals surface area contributed by atoms with Crippen molar-refractivity contribution in [1.82, 2.24) is 22.8 Å². The van der Waals surface area contributed by atoms with E-state index in [0.717, 1.165) is 0 Å². The molecular formula is C134H81N5S. The van der Waals surface area contributed by atoms with Crippen LogP contribution < -0.4 is 0 Å². The van der Waals surface area contributed by atoms with Crippen LogP contribution in [-0.2, 0) is 0 Å². The zero-order valence-electron chi connectivity index (χ0n) is 75.9. The van der Waals surface area contributed by atoms with Crippen molar-refractivity contribution in [2.24, 2.45) is 0 Å². The first kappa shape index (κ1) is 78.2. The third-order valence-corrected chi connectivity index (χ3v) is 31.4.